The van der Waals surface area contributed by atoms with Crippen LogP contribution in [0.15, 0.2) is 18.2 Å². The molecular weight excluding hydrogens is 360 g/mol. The van der Waals surface area contributed by atoms with Crippen molar-refractivity contribution in [2.45, 2.75) is 50.7 Å². The smallest absolute Gasteiger partial charge is 0.262 e. The summed E-state index contributed by atoms with van der Waals surface area (Å²) in [5.74, 6) is -1.90. The number of benzene rings is 1. The summed E-state index contributed by atoms with van der Waals surface area (Å²) in [4.78, 5) is 50.4. The first-order chi connectivity index (χ1) is 13.4. The van der Waals surface area contributed by atoms with Crippen LogP contribution in [0.2, 0.25) is 0 Å². The van der Waals surface area contributed by atoms with Crippen molar-refractivity contribution in [1.82, 2.24) is 20.9 Å². The average molecular weight is 384 g/mol. The van der Waals surface area contributed by atoms with Crippen molar-refractivity contribution < 1.29 is 19.2 Å². The molecule has 0 aliphatic carbocycles. The van der Waals surface area contributed by atoms with E-state index in [9.17, 15) is 19.2 Å². The first-order valence-corrected chi connectivity index (χ1v) is 9.69. The van der Waals surface area contributed by atoms with Crippen LogP contribution in [0.3, 0.4) is 0 Å². The predicted octanol–water partition coefficient (Wildman–Crippen LogP) is 0.320. The summed E-state index contributed by atoms with van der Waals surface area (Å²) in [5, 5.41) is 9.09. The number of rotatable bonds is 5. The second-order valence-electron chi connectivity index (χ2n) is 7.98. The minimum absolute atomic E-state index is 0.0382. The molecule has 3 aliphatic rings. The molecule has 3 aliphatic heterocycles. The van der Waals surface area contributed by atoms with Crippen molar-refractivity contribution in [3.05, 3.63) is 34.9 Å². The van der Waals surface area contributed by atoms with Crippen LogP contribution < -0.4 is 16.0 Å². The summed E-state index contributed by atoms with van der Waals surface area (Å²) >= 11 is 0. The molecule has 0 saturated carbocycles. The van der Waals surface area contributed by atoms with Gasteiger partial charge in [-0.25, -0.2) is 0 Å². The molecule has 2 atom stereocenters. The number of fused-ring (bicyclic) bond motifs is 1. The second-order valence-corrected chi connectivity index (χ2v) is 7.98. The Morgan fingerprint density at radius 2 is 2.04 bits per heavy atom. The highest BCUT2D eigenvalue weighted by atomic mass is 16.2. The van der Waals surface area contributed by atoms with Crippen molar-refractivity contribution in [1.29, 1.82) is 0 Å². The van der Waals surface area contributed by atoms with Crippen LogP contribution in [0.25, 0.3) is 0 Å². The van der Waals surface area contributed by atoms with Crippen LogP contribution >= 0.6 is 0 Å². The topological polar surface area (TPSA) is 108 Å². The molecule has 1 unspecified atom stereocenters. The van der Waals surface area contributed by atoms with E-state index in [1.165, 1.54) is 0 Å². The molecule has 8 heteroatoms. The number of imide groups is 2. The largest absolute Gasteiger partial charge is 0.311 e. The Bertz CT molecular complexity index is 860. The van der Waals surface area contributed by atoms with Gasteiger partial charge < -0.3 is 10.6 Å². The Kier molecular flexibility index (Phi) is 4.76. The average Bonchev–Trinajstić information content (AvgIpc) is 3.19. The Balaban J connectivity index is 1.52. The van der Waals surface area contributed by atoms with Gasteiger partial charge in [-0.15, -0.1) is 0 Å². The van der Waals surface area contributed by atoms with Crippen LogP contribution in [0.1, 0.15) is 58.9 Å². The van der Waals surface area contributed by atoms with E-state index in [0.717, 1.165) is 36.4 Å². The Morgan fingerprint density at radius 1 is 1.21 bits per heavy atom. The van der Waals surface area contributed by atoms with Crippen LogP contribution in [0, 0.1) is 0 Å². The van der Waals surface area contributed by atoms with Crippen molar-refractivity contribution in [3.8, 4) is 0 Å². The normalized spacial score (nSPS) is 27.3. The minimum Gasteiger partial charge on any atom is -0.311 e. The monoisotopic (exact) mass is 384 g/mol. The minimum atomic E-state index is -0.937. The van der Waals surface area contributed by atoms with E-state index in [1.807, 2.05) is 6.07 Å². The second kappa shape index (κ2) is 7.10. The van der Waals surface area contributed by atoms with Gasteiger partial charge in [-0.1, -0.05) is 12.1 Å². The summed E-state index contributed by atoms with van der Waals surface area (Å²) in [6, 6.07) is 4.26. The lowest BCUT2D eigenvalue weighted by molar-refractivity contribution is -0.136. The highest BCUT2D eigenvalue weighted by Crippen LogP contribution is 2.30. The number of carbonyl (C=O) groups excluding carboxylic acids is 4. The molecule has 0 spiro atoms. The number of nitrogens with one attached hydrogen (secondary N) is 3. The maximum absolute atomic E-state index is 13.0. The van der Waals surface area contributed by atoms with E-state index in [4.69, 9.17) is 0 Å². The molecule has 1 aromatic rings. The van der Waals surface area contributed by atoms with Gasteiger partial charge in [0.25, 0.3) is 11.8 Å². The van der Waals surface area contributed by atoms with E-state index in [2.05, 4.69) is 22.9 Å². The van der Waals surface area contributed by atoms with E-state index < -0.39 is 23.8 Å². The number of piperidine rings is 1. The fraction of sp³-hybridized carbons (Fsp3) is 0.500. The number of carbonyl (C=O) groups is 4. The third kappa shape index (κ3) is 3.22. The molecule has 148 valence electrons. The maximum Gasteiger partial charge on any atom is 0.262 e. The standard InChI is InChI=1S/C20H24N4O4/c1-20(8-3-9-22-20)11-21-10-12-4-2-5-13-16(12)19(28)24(18(13)27)14-6-7-15(25)23-17(14)26/h2,4-5,14,21-22H,3,6-11H2,1H3,(H,23,25,26)/t14?,20-/m0/s1. The van der Waals surface area contributed by atoms with Gasteiger partial charge in [0.05, 0.1) is 11.1 Å². The van der Waals surface area contributed by atoms with E-state index in [-0.39, 0.29) is 24.3 Å². The lowest BCUT2D eigenvalue weighted by Crippen LogP contribution is -2.54. The van der Waals surface area contributed by atoms with Crippen LogP contribution in [0.4, 0.5) is 0 Å². The first kappa shape index (κ1) is 18.8. The first-order valence-electron chi connectivity index (χ1n) is 9.69. The molecule has 2 saturated heterocycles. The molecule has 8 nitrogen and oxygen atoms in total. The van der Waals surface area contributed by atoms with Gasteiger partial charge in [-0.3, -0.25) is 29.4 Å². The molecule has 3 N–H and O–H groups in total. The molecule has 4 rings (SSSR count). The molecule has 0 aromatic heterocycles. The molecule has 2 fully saturated rings. The third-order valence-corrected chi connectivity index (χ3v) is 5.84. The van der Waals surface area contributed by atoms with E-state index in [0.29, 0.717) is 17.7 Å². The van der Waals surface area contributed by atoms with Crippen LogP contribution in [-0.4, -0.2) is 53.2 Å². The highest BCUT2D eigenvalue weighted by molar-refractivity contribution is 6.24. The zero-order chi connectivity index (χ0) is 19.9. The van der Waals surface area contributed by atoms with Gasteiger partial charge in [0.15, 0.2) is 0 Å². The quantitative estimate of drug-likeness (QED) is 0.631. The lowest BCUT2D eigenvalue weighted by atomic mass is 9.99. The van der Waals surface area contributed by atoms with Gasteiger partial charge in [0.1, 0.15) is 6.04 Å². The van der Waals surface area contributed by atoms with Gasteiger partial charge in [0.2, 0.25) is 11.8 Å². The number of nitrogens with zero attached hydrogens (tertiary/aromatic N) is 1. The fourth-order valence-corrected chi connectivity index (χ4v) is 4.31. The van der Waals surface area contributed by atoms with Crippen molar-refractivity contribution in [2.24, 2.45) is 0 Å². The molecular formula is C20H24N4O4. The molecule has 28 heavy (non-hydrogen) atoms. The number of hydrogen-bond donors (Lipinski definition) is 3. The summed E-state index contributed by atoms with van der Waals surface area (Å²) in [7, 11) is 0. The van der Waals surface area contributed by atoms with E-state index in [1.54, 1.807) is 12.1 Å². The van der Waals surface area contributed by atoms with Gasteiger partial charge in [-0.2, -0.15) is 0 Å². The molecule has 0 bridgehead atoms. The van der Waals surface area contributed by atoms with Crippen molar-refractivity contribution in [2.75, 3.05) is 13.1 Å². The zero-order valence-corrected chi connectivity index (χ0v) is 15.8. The summed E-state index contributed by atoms with van der Waals surface area (Å²) in [6.45, 7) is 4.40. The molecule has 1 aromatic carbocycles. The van der Waals surface area contributed by atoms with Gasteiger partial charge in [0, 0.05) is 25.0 Å². The highest BCUT2D eigenvalue weighted by Gasteiger charge is 2.45. The van der Waals surface area contributed by atoms with Gasteiger partial charge in [-0.05, 0) is 44.4 Å². The molecule has 3 heterocycles. The van der Waals surface area contributed by atoms with Crippen LogP contribution in [-0.2, 0) is 16.1 Å². The van der Waals surface area contributed by atoms with Crippen molar-refractivity contribution >= 4 is 23.6 Å². The summed E-state index contributed by atoms with van der Waals surface area (Å²) in [6.07, 6.45) is 2.51. The van der Waals surface area contributed by atoms with Crippen molar-refractivity contribution in [3.63, 3.8) is 0 Å². The molecule has 0 radical (unpaired) electrons. The van der Waals surface area contributed by atoms with E-state index >= 15 is 0 Å². The zero-order valence-electron chi connectivity index (χ0n) is 15.8. The number of hydrogen-bond acceptors (Lipinski definition) is 6. The SMILES string of the molecule is C[C@@]1(CNCc2cccc3c2C(=O)N(C2CCC(=O)NC2=O)C3=O)CCCN1. The Labute approximate surface area is 163 Å². The lowest BCUT2D eigenvalue weighted by Gasteiger charge is -2.28. The third-order valence-electron chi connectivity index (χ3n) is 5.84. The van der Waals surface area contributed by atoms with Crippen LogP contribution in [0.5, 0.6) is 0 Å². The maximum atomic E-state index is 13.0. The Hall–Kier alpha value is -2.58. The Morgan fingerprint density at radius 3 is 2.75 bits per heavy atom. The fourth-order valence-electron chi connectivity index (χ4n) is 4.31. The summed E-state index contributed by atoms with van der Waals surface area (Å²) < 4.78 is 0. The predicted molar refractivity (Wildman–Crippen MR) is 100 cm³/mol. The number of amides is 4. The molecule has 4 amide bonds. The van der Waals surface area contributed by atoms with Gasteiger partial charge >= 0.3 is 0 Å². The summed E-state index contributed by atoms with van der Waals surface area (Å²) in [5.41, 5.74) is 1.46.